The average molecular weight is 436 g/mol. The molecule has 0 fully saturated rings. The Morgan fingerprint density at radius 3 is 2.16 bits per heavy atom. The number of hydrogen-bond acceptors (Lipinski definition) is 1. The number of hydrogen-bond donors (Lipinski definition) is 0. The van der Waals surface area contributed by atoms with Gasteiger partial charge in [-0.05, 0) is 81.0 Å². The first kappa shape index (κ1) is 26.6. The molecule has 1 aromatic carbocycles. The van der Waals surface area contributed by atoms with Crippen molar-refractivity contribution in [3.63, 3.8) is 0 Å². The highest BCUT2D eigenvalue weighted by atomic mass is 14.7. The van der Waals surface area contributed by atoms with E-state index in [0.29, 0.717) is 0 Å². The first-order valence-electron chi connectivity index (χ1n) is 13.3. The van der Waals surface area contributed by atoms with E-state index in [1.165, 1.54) is 79.9 Å². The highest BCUT2D eigenvalue weighted by molar-refractivity contribution is 5.83. The van der Waals surface area contributed by atoms with E-state index in [4.69, 9.17) is 4.98 Å². The molecule has 0 unspecified atom stereocenters. The van der Waals surface area contributed by atoms with Crippen molar-refractivity contribution in [3.05, 3.63) is 52.7 Å². The van der Waals surface area contributed by atoms with E-state index in [1.54, 1.807) is 0 Å². The second-order valence-corrected chi connectivity index (χ2v) is 11.0. The van der Waals surface area contributed by atoms with Crippen LogP contribution in [0.25, 0.3) is 10.9 Å². The van der Waals surface area contributed by atoms with Crippen molar-refractivity contribution in [2.24, 2.45) is 17.8 Å². The summed E-state index contributed by atoms with van der Waals surface area (Å²) < 4.78 is 0. The largest absolute Gasteiger partial charge is 0.253 e. The van der Waals surface area contributed by atoms with Crippen molar-refractivity contribution in [2.45, 2.75) is 113 Å². The molecule has 2 rings (SSSR count). The Kier molecular flexibility index (Phi) is 11.5. The summed E-state index contributed by atoms with van der Waals surface area (Å²) in [5.74, 6) is 2.63. The van der Waals surface area contributed by atoms with Gasteiger partial charge in [0, 0.05) is 11.1 Å². The van der Waals surface area contributed by atoms with Gasteiger partial charge in [0.05, 0.1) is 5.52 Å². The monoisotopic (exact) mass is 435 g/mol. The first-order chi connectivity index (χ1) is 15.3. The lowest BCUT2D eigenvalue weighted by atomic mass is 9.91. The topological polar surface area (TPSA) is 12.9 Å². The molecule has 1 nitrogen and oxygen atoms in total. The molecule has 0 saturated carbocycles. The molecule has 0 aliphatic heterocycles. The maximum atomic E-state index is 4.77. The van der Waals surface area contributed by atoms with E-state index >= 15 is 0 Å². The molecule has 0 N–H and O–H groups in total. The van der Waals surface area contributed by atoms with E-state index < -0.39 is 0 Å². The third-order valence-electron chi connectivity index (χ3n) is 7.20. The summed E-state index contributed by atoms with van der Waals surface area (Å²) in [7, 11) is 0. The predicted molar refractivity (Wildman–Crippen MR) is 143 cm³/mol. The molecule has 0 bridgehead atoms. The Hall–Kier alpha value is -1.63. The number of benzene rings is 1. The van der Waals surface area contributed by atoms with Crippen LogP contribution in [0.5, 0.6) is 0 Å². The van der Waals surface area contributed by atoms with Crippen LogP contribution in [-0.4, -0.2) is 4.98 Å². The van der Waals surface area contributed by atoms with Gasteiger partial charge in [-0.3, -0.25) is 4.98 Å². The normalized spacial score (nSPS) is 14.3. The van der Waals surface area contributed by atoms with Crippen LogP contribution < -0.4 is 0 Å². The Morgan fingerprint density at radius 1 is 0.875 bits per heavy atom. The zero-order chi connectivity index (χ0) is 23.5. The second kappa shape index (κ2) is 13.8. The highest BCUT2D eigenvalue weighted by Gasteiger charge is 2.07. The van der Waals surface area contributed by atoms with E-state index in [1.807, 2.05) is 0 Å². The van der Waals surface area contributed by atoms with Crippen molar-refractivity contribution >= 4 is 10.9 Å². The third-order valence-corrected chi connectivity index (χ3v) is 7.20. The fourth-order valence-corrected chi connectivity index (χ4v) is 4.73. The van der Waals surface area contributed by atoms with E-state index in [0.717, 1.165) is 35.4 Å². The molecule has 2 atom stereocenters. The zero-order valence-corrected chi connectivity index (χ0v) is 22.1. The predicted octanol–water partition coefficient (Wildman–Crippen LogP) is 9.78. The molecule has 1 heteroatoms. The molecular formula is C31H49N. The maximum absolute atomic E-state index is 4.77. The summed E-state index contributed by atoms with van der Waals surface area (Å²) in [5.41, 5.74) is 6.47. The van der Waals surface area contributed by atoms with Crippen LogP contribution in [0, 0.1) is 31.6 Å². The van der Waals surface area contributed by atoms with Gasteiger partial charge in [0.1, 0.15) is 0 Å². The van der Waals surface area contributed by atoms with Gasteiger partial charge in [-0.1, -0.05) is 96.4 Å². The van der Waals surface area contributed by atoms with Crippen LogP contribution in [0.2, 0.25) is 0 Å². The minimum Gasteiger partial charge on any atom is -0.253 e. The molecule has 0 aliphatic carbocycles. The molecule has 0 amide bonds. The first-order valence-corrected chi connectivity index (χ1v) is 13.3. The molecular weight excluding hydrogens is 386 g/mol. The Morgan fingerprint density at radius 2 is 1.50 bits per heavy atom. The molecule has 0 saturated heterocycles. The number of aryl methyl sites for hydroxylation is 2. The van der Waals surface area contributed by atoms with Crippen molar-refractivity contribution in [2.75, 3.05) is 0 Å². The lowest BCUT2D eigenvalue weighted by Gasteiger charge is -2.15. The molecule has 178 valence electrons. The lowest BCUT2D eigenvalue weighted by Crippen LogP contribution is -2.00. The Balaban J connectivity index is 1.69. The number of allylic oxidation sites excluding steroid dienone is 2. The van der Waals surface area contributed by atoms with E-state index in [2.05, 4.69) is 78.8 Å². The Bertz CT molecular complexity index is 845. The smallest absolute Gasteiger partial charge is 0.0708 e. The van der Waals surface area contributed by atoms with Crippen LogP contribution >= 0.6 is 0 Å². The van der Waals surface area contributed by atoms with E-state index in [-0.39, 0.29) is 0 Å². The summed E-state index contributed by atoms with van der Waals surface area (Å²) >= 11 is 0. The van der Waals surface area contributed by atoms with Gasteiger partial charge in [-0.15, -0.1) is 0 Å². The van der Waals surface area contributed by atoms with Gasteiger partial charge in [0.2, 0.25) is 0 Å². The van der Waals surface area contributed by atoms with Crippen molar-refractivity contribution < 1.29 is 0 Å². The highest BCUT2D eigenvalue weighted by Crippen LogP contribution is 2.24. The van der Waals surface area contributed by atoms with Gasteiger partial charge in [-0.2, -0.15) is 0 Å². The summed E-state index contributed by atoms with van der Waals surface area (Å²) in [6.07, 6.45) is 15.8. The quantitative estimate of drug-likeness (QED) is 0.269. The SMILES string of the molecule is C/C(=C\Cc1cccc2nc(C)c(C)cc12)CCC[C@H](C)CCC[C@H](C)CCCC(C)C. The minimum absolute atomic E-state index is 0.859. The molecule has 0 spiro atoms. The number of aromatic nitrogens is 1. The van der Waals surface area contributed by atoms with Gasteiger partial charge < -0.3 is 0 Å². The van der Waals surface area contributed by atoms with Gasteiger partial charge >= 0.3 is 0 Å². The average Bonchev–Trinajstić information content (AvgIpc) is 2.73. The van der Waals surface area contributed by atoms with Crippen LogP contribution in [0.4, 0.5) is 0 Å². The van der Waals surface area contributed by atoms with Crippen LogP contribution in [0.3, 0.4) is 0 Å². The molecule has 1 heterocycles. The summed E-state index contributed by atoms with van der Waals surface area (Å²) in [6, 6.07) is 8.85. The van der Waals surface area contributed by atoms with Gasteiger partial charge in [0.15, 0.2) is 0 Å². The van der Waals surface area contributed by atoms with Crippen LogP contribution in [0.1, 0.15) is 109 Å². The summed E-state index contributed by atoms with van der Waals surface area (Å²) in [5, 5.41) is 1.31. The fourth-order valence-electron chi connectivity index (χ4n) is 4.73. The van der Waals surface area contributed by atoms with Gasteiger partial charge in [-0.25, -0.2) is 0 Å². The minimum atomic E-state index is 0.859. The molecule has 2 aromatic rings. The number of nitrogens with zero attached hydrogens (tertiary/aromatic N) is 1. The molecule has 1 aromatic heterocycles. The molecule has 0 aliphatic rings. The summed E-state index contributed by atoms with van der Waals surface area (Å²) in [4.78, 5) is 4.77. The van der Waals surface area contributed by atoms with Crippen LogP contribution in [0.15, 0.2) is 35.9 Å². The van der Waals surface area contributed by atoms with Crippen LogP contribution in [-0.2, 0) is 6.42 Å². The lowest BCUT2D eigenvalue weighted by molar-refractivity contribution is 0.389. The van der Waals surface area contributed by atoms with E-state index in [9.17, 15) is 0 Å². The standard InChI is InChI=1S/C31H49N/c1-23(2)12-8-13-24(3)14-9-15-25(4)16-10-17-26(5)20-21-29-18-11-19-31-30(29)22-27(6)28(7)32-31/h11,18-20,22-25H,8-10,12-17,21H2,1-7H3/b26-20+/t24-,25-/m1/s1. The fraction of sp³-hybridized carbons (Fsp3) is 0.645. The molecule has 32 heavy (non-hydrogen) atoms. The third kappa shape index (κ3) is 9.47. The maximum Gasteiger partial charge on any atom is 0.0708 e. The zero-order valence-electron chi connectivity index (χ0n) is 22.1. The number of rotatable bonds is 14. The Labute approximate surface area is 199 Å². The van der Waals surface area contributed by atoms with Gasteiger partial charge in [0.25, 0.3) is 0 Å². The summed E-state index contributed by atoms with van der Waals surface area (Å²) in [6.45, 7) is 16.2. The van der Waals surface area contributed by atoms with Crippen molar-refractivity contribution in [3.8, 4) is 0 Å². The second-order valence-electron chi connectivity index (χ2n) is 11.0. The van der Waals surface area contributed by atoms with Crippen molar-refractivity contribution in [1.82, 2.24) is 4.98 Å². The molecule has 0 radical (unpaired) electrons. The number of fused-ring (bicyclic) bond motifs is 1. The van der Waals surface area contributed by atoms with Crippen molar-refractivity contribution in [1.29, 1.82) is 0 Å². The number of pyridine rings is 1.